The number of ether oxygens (including phenoxy) is 1. The third-order valence-corrected chi connectivity index (χ3v) is 4.08. The van der Waals surface area contributed by atoms with Crippen molar-refractivity contribution in [3.63, 3.8) is 0 Å². The van der Waals surface area contributed by atoms with Crippen LogP contribution in [0.15, 0.2) is 53.4 Å². The van der Waals surface area contributed by atoms with E-state index in [-0.39, 0.29) is 5.75 Å². The third kappa shape index (κ3) is 3.10. The summed E-state index contributed by atoms with van der Waals surface area (Å²) in [5, 5.41) is 0. The van der Waals surface area contributed by atoms with E-state index in [1.165, 1.54) is 36.4 Å². The largest absolute Gasteiger partial charge is 0.502 e. The molecule has 21 heavy (non-hydrogen) atoms. The Balaban J connectivity index is 2.45. The van der Waals surface area contributed by atoms with Crippen molar-refractivity contribution in [3.05, 3.63) is 48.5 Å². The van der Waals surface area contributed by atoms with E-state index in [0.29, 0.717) is 5.69 Å². The van der Waals surface area contributed by atoms with Crippen LogP contribution < -0.4 is 10.5 Å². The lowest BCUT2D eigenvalue weighted by molar-refractivity contribution is -0.0436. The molecule has 4 nitrogen and oxygen atoms in total. The predicted octanol–water partition coefficient (Wildman–Crippen LogP) is 3.35. The van der Waals surface area contributed by atoms with Crippen molar-refractivity contribution in [1.29, 1.82) is 0 Å². The van der Waals surface area contributed by atoms with Crippen molar-refractivity contribution < 1.29 is 26.3 Å². The van der Waals surface area contributed by atoms with E-state index >= 15 is 0 Å². The molecule has 2 rings (SSSR count). The average Bonchev–Trinajstić information content (AvgIpc) is 2.40. The van der Waals surface area contributed by atoms with Gasteiger partial charge in [-0.3, -0.25) is 0 Å². The van der Waals surface area contributed by atoms with Gasteiger partial charge < -0.3 is 10.5 Å². The SMILES string of the molecule is Nc1ccc(Oc2ccccc2S(=O)(=O)C(F)(F)F)cc1. The number of rotatable bonds is 3. The number of halogens is 3. The highest BCUT2D eigenvalue weighted by Crippen LogP contribution is 2.37. The van der Waals surface area contributed by atoms with Gasteiger partial charge in [0.1, 0.15) is 16.4 Å². The molecule has 0 fully saturated rings. The summed E-state index contributed by atoms with van der Waals surface area (Å²) in [6.45, 7) is 0. The molecule has 0 aliphatic rings. The van der Waals surface area contributed by atoms with Crippen LogP contribution in [-0.2, 0) is 9.84 Å². The van der Waals surface area contributed by atoms with E-state index in [0.717, 1.165) is 12.1 Å². The van der Waals surface area contributed by atoms with Crippen molar-refractivity contribution in [1.82, 2.24) is 0 Å². The van der Waals surface area contributed by atoms with Crippen LogP contribution in [0.25, 0.3) is 0 Å². The fourth-order valence-corrected chi connectivity index (χ4v) is 2.43. The first-order valence-electron chi connectivity index (χ1n) is 5.65. The Kier molecular flexibility index (Phi) is 3.82. The van der Waals surface area contributed by atoms with Gasteiger partial charge in [0.2, 0.25) is 0 Å². The van der Waals surface area contributed by atoms with Gasteiger partial charge in [-0.2, -0.15) is 13.2 Å². The lowest BCUT2D eigenvalue weighted by Crippen LogP contribution is -2.23. The molecule has 2 aromatic carbocycles. The number of nitrogens with two attached hydrogens (primary N) is 1. The quantitative estimate of drug-likeness (QED) is 0.881. The minimum atomic E-state index is -5.49. The van der Waals surface area contributed by atoms with E-state index in [2.05, 4.69) is 0 Å². The van der Waals surface area contributed by atoms with Gasteiger partial charge in [0.25, 0.3) is 9.84 Å². The Bertz CT molecular complexity index is 740. The molecule has 112 valence electrons. The van der Waals surface area contributed by atoms with Crippen molar-refractivity contribution in [2.75, 3.05) is 5.73 Å². The van der Waals surface area contributed by atoms with Crippen LogP contribution in [0.2, 0.25) is 0 Å². The summed E-state index contributed by atoms with van der Waals surface area (Å²) in [5.41, 5.74) is 0.524. The van der Waals surface area contributed by atoms with Crippen LogP contribution in [0, 0.1) is 0 Å². The summed E-state index contributed by atoms with van der Waals surface area (Å²) < 4.78 is 66.1. The molecule has 0 saturated carbocycles. The van der Waals surface area contributed by atoms with Crippen LogP contribution in [-0.4, -0.2) is 13.9 Å². The Labute approximate surface area is 118 Å². The molecule has 0 atom stereocenters. The van der Waals surface area contributed by atoms with Crippen LogP contribution in [0.4, 0.5) is 18.9 Å². The fraction of sp³-hybridized carbons (Fsp3) is 0.0769. The summed E-state index contributed by atoms with van der Waals surface area (Å²) in [6, 6.07) is 10.4. The molecular weight excluding hydrogens is 307 g/mol. The van der Waals surface area contributed by atoms with Crippen molar-refractivity contribution in [2.45, 2.75) is 10.4 Å². The molecule has 2 aromatic rings. The number of hydrogen-bond acceptors (Lipinski definition) is 4. The van der Waals surface area contributed by atoms with Gasteiger partial charge in [-0.25, -0.2) is 8.42 Å². The summed E-state index contributed by atoms with van der Waals surface area (Å²) in [7, 11) is -5.49. The Morgan fingerprint density at radius 1 is 0.952 bits per heavy atom. The van der Waals surface area contributed by atoms with Gasteiger partial charge in [-0.05, 0) is 36.4 Å². The Morgan fingerprint density at radius 2 is 1.52 bits per heavy atom. The highest BCUT2D eigenvalue weighted by molar-refractivity contribution is 7.92. The second-order valence-corrected chi connectivity index (χ2v) is 5.98. The first kappa shape index (κ1) is 15.2. The van der Waals surface area contributed by atoms with Gasteiger partial charge in [0, 0.05) is 5.69 Å². The van der Waals surface area contributed by atoms with E-state index in [9.17, 15) is 21.6 Å². The first-order valence-corrected chi connectivity index (χ1v) is 7.14. The summed E-state index contributed by atoms with van der Waals surface area (Å²) >= 11 is 0. The van der Waals surface area contributed by atoms with Gasteiger partial charge >= 0.3 is 5.51 Å². The fourth-order valence-electron chi connectivity index (χ4n) is 1.54. The summed E-state index contributed by atoms with van der Waals surface area (Å²) in [6.07, 6.45) is 0. The van der Waals surface area contributed by atoms with Gasteiger partial charge in [-0.15, -0.1) is 0 Å². The highest BCUT2D eigenvalue weighted by atomic mass is 32.2. The standard InChI is InChI=1S/C13H10F3NO3S/c14-13(15,16)21(18,19)12-4-2-1-3-11(12)20-10-7-5-9(17)6-8-10/h1-8H,17H2. The number of para-hydroxylation sites is 1. The maximum atomic E-state index is 12.6. The van der Waals surface area contributed by atoms with Gasteiger partial charge in [-0.1, -0.05) is 12.1 Å². The predicted molar refractivity (Wildman–Crippen MR) is 70.6 cm³/mol. The second-order valence-electron chi connectivity index (χ2n) is 4.07. The third-order valence-electron chi connectivity index (χ3n) is 2.55. The molecule has 8 heteroatoms. The molecule has 0 radical (unpaired) electrons. The second kappa shape index (κ2) is 5.28. The molecule has 0 unspecified atom stereocenters. The lowest BCUT2D eigenvalue weighted by Gasteiger charge is -2.13. The molecule has 0 aliphatic carbocycles. The van der Waals surface area contributed by atoms with Crippen molar-refractivity contribution >= 4 is 15.5 Å². The van der Waals surface area contributed by atoms with Crippen LogP contribution >= 0.6 is 0 Å². The van der Waals surface area contributed by atoms with Gasteiger partial charge in [0.05, 0.1) is 0 Å². The minimum absolute atomic E-state index is 0.175. The zero-order chi connectivity index (χ0) is 15.7. The Hall–Kier alpha value is -2.22. The average molecular weight is 317 g/mol. The molecule has 0 spiro atoms. The first-order chi connectivity index (χ1) is 9.72. The normalized spacial score (nSPS) is 12.1. The molecule has 0 heterocycles. The van der Waals surface area contributed by atoms with E-state index in [4.69, 9.17) is 10.5 Å². The number of anilines is 1. The summed E-state index contributed by atoms with van der Waals surface area (Å²) in [4.78, 5) is -0.936. The van der Waals surface area contributed by atoms with Crippen molar-refractivity contribution in [2.24, 2.45) is 0 Å². The Morgan fingerprint density at radius 3 is 2.10 bits per heavy atom. The molecule has 2 N–H and O–H groups in total. The maximum Gasteiger partial charge on any atom is 0.502 e. The van der Waals surface area contributed by atoms with E-state index < -0.39 is 26.0 Å². The molecule has 0 amide bonds. The lowest BCUT2D eigenvalue weighted by atomic mass is 10.3. The molecule has 0 saturated heterocycles. The zero-order valence-corrected chi connectivity index (χ0v) is 11.3. The number of alkyl halides is 3. The molecule has 0 aromatic heterocycles. The molecular formula is C13H10F3NO3S. The van der Waals surface area contributed by atoms with Crippen molar-refractivity contribution in [3.8, 4) is 11.5 Å². The summed E-state index contributed by atoms with van der Waals surface area (Å²) in [5.74, 6) is -0.228. The monoisotopic (exact) mass is 317 g/mol. The minimum Gasteiger partial charge on any atom is -0.456 e. The highest BCUT2D eigenvalue weighted by Gasteiger charge is 2.48. The topological polar surface area (TPSA) is 69.4 Å². The number of hydrogen-bond donors (Lipinski definition) is 1. The smallest absolute Gasteiger partial charge is 0.456 e. The van der Waals surface area contributed by atoms with E-state index in [1.807, 2.05) is 0 Å². The molecule has 0 aliphatic heterocycles. The van der Waals surface area contributed by atoms with E-state index in [1.54, 1.807) is 0 Å². The van der Waals surface area contributed by atoms with Crippen LogP contribution in [0.5, 0.6) is 11.5 Å². The number of nitrogen functional groups attached to an aromatic ring is 1. The zero-order valence-electron chi connectivity index (χ0n) is 10.5. The number of sulfone groups is 1. The molecule has 0 bridgehead atoms. The van der Waals surface area contributed by atoms with Gasteiger partial charge in [0.15, 0.2) is 0 Å². The van der Waals surface area contributed by atoms with Crippen LogP contribution in [0.3, 0.4) is 0 Å². The maximum absolute atomic E-state index is 12.6. The van der Waals surface area contributed by atoms with Crippen LogP contribution in [0.1, 0.15) is 0 Å². The number of benzene rings is 2.